The van der Waals surface area contributed by atoms with E-state index in [2.05, 4.69) is 10.3 Å². The average Bonchev–Trinajstić information content (AvgIpc) is 3.01. The third kappa shape index (κ3) is 4.02. The number of carbonyl (C=O) groups is 2. The molecule has 1 aromatic heterocycles. The van der Waals surface area contributed by atoms with Crippen molar-refractivity contribution in [2.45, 2.75) is 19.4 Å². The van der Waals surface area contributed by atoms with E-state index < -0.39 is 12.0 Å². The number of methoxy groups -OCH3 is 2. The fourth-order valence-corrected chi connectivity index (χ4v) is 2.93. The second kappa shape index (κ2) is 7.78. The van der Waals surface area contributed by atoms with Crippen LogP contribution in [0.25, 0.3) is 10.6 Å². The SMILES string of the molecule is COc1cccc(-c2nc(CC(=O)NC(C)C(=O)O)cs2)c1OC. The molecular weight excluding hydrogens is 332 g/mol. The van der Waals surface area contributed by atoms with Gasteiger partial charge in [-0.2, -0.15) is 0 Å². The number of hydrogen-bond donors (Lipinski definition) is 2. The highest BCUT2D eigenvalue weighted by molar-refractivity contribution is 7.13. The van der Waals surface area contributed by atoms with Gasteiger partial charge in [0, 0.05) is 5.38 Å². The number of nitrogens with one attached hydrogen (secondary N) is 1. The standard InChI is InChI=1S/C16H18N2O5S/c1-9(16(20)21)17-13(19)7-10-8-24-15(18-10)11-5-4-6-12(22-2)14(11)23-3/h4-6,8-9H,7H2,1-3H3,(H,17,19)(H,20,21). The molecule has 1 heterocycles. The molecule has 0 spiro atoms. The molecule has 0 saturated heterocycles. The maximum Gasteiger partial charge on any atom is 0.325 e. The van der Waals surface area contributed by atoms with Crippen molar-refractivity contribution in [2.75, 3.05) is 14.2 Å². The number of carboxylic acid groups (broad SMARTS) is 1. The van der Waals surface area contributed by atoms with Crippen LogP contribution in [0.15, 0.2) is 23.6 Å². The highest BCUT2D eigenvalue weighted by atomic mass is 32.1. The highest BCUT2D eigenvalue weighted by Crippen LogP contribution is 2.38. The minimum Gasteiger partial charge on any atom is -0.493 e. The minimum atomic E-state index is -1.08. The lowest BCUT2D eigenvalue weighted by Gasteiger charge is -2.10. The number of nitrogens with zero attached hydrogens (tertiary/aromatic N) is 1. The summed E-state index contributed by atoms with van der Waals surface area (Å²) < 4.78 is 10.7. The third-order valence-corrected chi connectivity index (χ3v) is 4.20. The average molecular weight is 350 g/mol. The van der Waals surface area contributed by atoms with Crippen molar-refractivity contribution in [3.63, 3.8) is 0 Å². The Hall–Kier alpha value is -2.61. The molecule has 8 heteroatoms. The van der Waals surface area contributed by atoms with Gasteiger partial charge in [0.1, 0.15) is 11.0 Å². The summed E-state index contributed by atoms with van der Waals surface area (Å²) in [5, 5.41) is 13.7. The van der Waals surface area contributed by atoms with Gasteiger partial charge in [-0.05, 0) is 19.1 Å². The lowest BCUT2D eigenvalue weighted by atomic mass is 10.2. The summed E-state index contributed by atoms with van der Waals surface area (Å²) in [5.74, 6) is -0.299. The molecule has 0 radical (unpaired) electrons. The number of hydrogen-bond acceptors (Lipinski definition) is 6. The zero-order valence-corrected chi connectivity index (χ0v) is 14.3. The van der Waals surface area contributed by atoms with E-state index >= 15 is 0 Å². The number of aromatic nitrogens is 1. The number of carboxylic acids is 1. The molecule has 0 aliphatic heterocycles. The summed E-state index contributed by atoms with van der Waals surface area (Å²) in [6.45, 7) is 1.41. The Labute approximate surface area is 143 Å². The van der Waals surface area contributed by atoms with Crippen LogP contribution in [0.2, 0.25) is 0 Å². The summed E-state index contributed by atoms with van der Waals surface area (Å²) in [6.07, 6.45) is 0.0143. The highest BCUT2D eigenvalue weighted by Gasteiger charge is 2.17. The quantitative estimate of drug-likeness (QED) is 0.792. The molecule has 0 fully saturated rings. The van der Waals surface area contributed by atoms with Crippen LogP contribution in [0.3, 0.4) is 0 Å². The van der Waals surface area contributed by atoms with Gasteiger partial charge in [-0.15, -0.1) is 11.3 Å². The fourth-order valence-electron chi connectivity index (χ4n) is 2.09. The Morgan fingerprint density at radius 3 is 2.71 bits per heavy atom. The van der Waals surface area contributed by atoms with Crippen LogP contribution in [0.1, 0.15) is 12.6 Å². The molecule has 0 aliphatic rings. The molecule has 128 valence electrons. The molecule has 0 bridgehead atoms. The molecule has 2 aromatic rings. The van der Waals surface area contributed by atoms with Crippen LogP contribution < -0.4 is 14.8 Å². The first-order valence-corrected chi connectivity index (χ1v) is 8.02. The molecule has 0 saturated carbocycles. The van der Waals surface area contributed by atoms with E-state index in [1.54, 1.807) is 25.7 Å². The molecule has 1 aromatic carbocycles. The summed E-state index contributed by atoms with van der Waals surface area (Å²) in [6, 6.07) is 4.54. The number of rotatable bonds is 7. The van der Waals surface area contributed by atoms with Crippen LogP contribution >= 0.6 is 11.3 Å². The van der Waals surface area contributed by atoms with Gasteiger partial charge >= 0.3 is 5.97 Å². The molecule has 0 aliphatic carbocycles. The second-order valence-electron chi connectivity index (χ2n) is 4.99. The van der Waals surface area contributed by atoms with Crippen molar-refractivity contribution in [1.82, 2.24) is 10.3 Å². The van der Waals surface area contributed by atoms with Crippen LogP contribution in [-0.2, 0) is 16.0 Å². The van der Waals surface area contributed by atoms with E-state index in [9.17, 15) is 9.59 Å². The zero-order chi connectivity index (χ0) is 17.7. The maximum atomic E-state index is 11.8. The first-order valence-electron chi connectivity index (χ1n) is 7.14. The van der Waals surface area contributed by atoms with Crippen molar-refractivity contribution < 1.29 is 24.2 Å². The van der Waals surface area contributed by atoms with Crippen molar-refractivity contribution in [3.05, 3.63) is 29.3 Å². The van der Waals surface area contributed by atoms with Crippen molar-refractivity contribution >= 4 is 23.2 Å². The Kier molecular flexibility index (Phi) is 5.75. The van der Waals surface area contributed by atoms with Crippen LogP contribution in [0, 0.1) is 0 Å². The normalized spacial score (nSPS) is 11.6. The molecule has 1 atom stereocenters. The lowest BCUT2D eigenvalue weighted by molar-refractivity contribution is -0.141. The van der Waals surface area contributed by atoms with E-state index in [-0.39, 0.29) is 12.3 Å². The zero-order valence-electron chi connectivity index (χ0n) is 13.5. The largest absolute Gasteiger partial charge is 0.493 e. The molecular formula is C16H18N2O5S. The molecule has 1 amide bonds. The van der Waals surface area contributed by atoms with Crippen LogP contribution in [0.4, 0.5) is 0 Å². The Morgan fingerprint density at radius 2 is 2.08 bits per heavy atom. The first kappa shape index (κ1) is 17.7. The fraction of sp³-hybridized carbons (Fsp3) is 0.312. The number of thiazole rings is 1. The van der Waals surface area contributed by atoms with E-state index in [0.717, 1.165) is 5.56 Å². The topological polar surface area (TPSA) is 97.8 Å². The Bertz CT molecular complexity index is 744. The Morgan fingerprint density at radius 1 is 1.33 bits per heavy atom. The number of ether oxygens (including phenoxy) is 2. The van der Waals surface area contributed by atoms with Crippen molar-refractivity contribution in [3.8, 4) is 22.1 Å². The van der Waals surface area contributed by atoms with Gasteiger partial charge in [-0.1, -0.05) is 6.07 Å². The monoisotopic (exact) mass is 350 g/mol. The van der Waals surface area contributed by atoms with Gasteiger partial charge < -0.3 is 19.9 Å². The van der Waals surface area contributed by atoms with E-state index in [1.165, 1.54) is 18.3 Å². The molecule has 2 N–H and O–H groups in total. The van der Waals surface area contributed by atoms with E-state index in [4.69, 9.17) is 14.6 Å². The molecule has 7 nitrogen and oxygen atoms in total. The van der Waals surface area contributed by atoms with Gasteiger partial charge in [-0.25, -0.2) is 4.98 Å². The number of amides is 1. The minimum absolute atomic E-state index is 0.0143. The summed E-state index contributed by atoms with van der Waals surface area (Å²) in [4.78, 5) is 27.0. The van der Waals surface area contributed by atoms with Crippen LogP contribution in [0.5, 0.6) is 11.5 Å². The lowest BCUT2D eigenvalue weighted by Crippen LogP contribution is -2.39. The van der Waals surface area contributed by atoms with Crippen molar-refractivity contribution in [1.29, 1.82) is 0 Å². The first-order chi connectivity index (χ1) is 11.5. The summed E-state index contributed by atoms with van der Waals surface area (Å²) >= 11 is 1.38. The molecule has 24 heavy (non-hydrogen) atoms. The predicted molar refractivity (Wildman–Crippen MR) is 89.6 cm³/mol. The smallest absolute Gasteiger partial charge is 0.325 e. The van der Waals surface area contributed by atoms with Gasteiger partial charge in [0.25, 0.3) is 0 Å². The van der Waals surface area contributed by atoms with Gasteiger partial charge in [0.15, 0.2) is 11.5 Å². The number of para-hydroxylation sites is 1. The van der Waals surface area contributed by atoms with Crippen LogP contribution in [-0.4, -0.2) is 42.2 Å². The van der Waals surface area contributed by atoms with Gasteiger partial charge in [-0.3, -0.25) is 9.59 Å². The predicted octanol–water partition coefficient (Wildman–Crippen LogP) is 1.96. The van der Waals surface area contributed by atoms with Gasteiger partial charge in [0.2, 0.25) is 5.91 Å². The third-order valence-electron chi connectivity index (χ3n) is 3.27. The summed E-state index contributed by atoms with van der Waals surface area (Å²) in [7, 11) is 3.11. The maximum absolute atomic E-state index is 11.8. The van der Waals surface area contributed by atoms with Crippen molar-refractivity contribution in [2.24, 2.45) is 0 Å². The summed E-state index contributed by atoms with van der Waals surface area (Å²) in [5.41, 5.74) is 1.34. The van der Waals surface area contributed by atoms with E-state index in [0.29, 0.717) is 22.2 Å². The number of aliphatic carboxylic acids is 1. The molecule has 1 unspecified atom stereocenters. The molecule has 2 rings (SSSR count). The van der Waals surface area contributed by atoms with E-state index in [1.807, 2.05) is 12.1 Å². The number of carbonyl (C=O) groups excluding carboxylic acids is 1. The van der Waals surface area contributed by atoms with Gasteiger partial charge in [0.05, 0.1) is 31.9 Å². The second-order valence-corrected chi connectivity index (χ2v) is 5.85. The Balaban J connectivity index is 2.17. The number of benzene rings is 1.